The van der Waals surface area contributed by atoms with Gasteiger partial charge in [-0.3, -0.25) is 9.88 Å². The normalized spacial score (nSPS) is 21.1. The minimum absolute atomic E-state index is 0.282. The first-order valence-corrected chi connectivity index (χ1v) is 10.0. The molecule has 2 aliphatic rings. The highest BCUT2D eigenvalue weighted by Crippen LogP contribution is 2.32. The predicted octanol–water partition coefficient (Wildman–Crippen LogP) is 3.88. The summed E-state index contributed by atoms with van der Waals surface area (Å²) in [5.41, 5.74) is 4.71. The summed E-state index contributed by atoms with van der Waals surface area (Å²) < 4.78 is 11.3. The Bertz CT molecular complexity index is 788. The number of hydrogen-bond acceptors (Lipinski definition) is 5. The molecule has 2 aliphatic heterocycles. The quantitative estimate of drug-likeness (QED) is 0.821. The number of likely N-dealkylation sites (tertiary alicyclic amines) is 1. The lowest BCUT2D eigenvalue weighted by Gasteiger charge is -2.37. The average Bonchev–Trinajstić information content (AvgIpc) is 2.66. The van der Waals surface area contributed by atoms with Gasteiger partial charge in [0.1, 0.15) is 13.2 Å². The summed E-state index contributed by atoms with van der Waals surface area (Å²) in [6.45, 7) is 9.83. The highest BCUT2D eigenvalue weighted by atomic mass is 16.6. The van der Waals surface area contributed by atoms with Gasteiger partial charge < -0.3 is 9.47 Å². The third-order valence-electron chi connectivity index (χ3n) is 5.62. The Morgan fingerprint density at radius 3 is 2.70 bits per heavy atom. The molecule has 0 N–H and O–H groups in total. The third kappa shape index (κ3) is 4.24. The molecule has 5 nitrogen and oxygen atoms in total. The fourth-order valence-corrected chi connectivity index (χ4v) is 4.35. The van der Waals surface area contributed by atoms with E-state index in [1.54, 1.807) is 0 Å². The van der Waals surface area contributed by atoms with E-state index in [1.807, 2.05) is 6.07 Å². The van der Waals surface area contributed by atoms with Crippen molar-refractivity contribution < 1.29 is 9.47 Å². The number of nitrogens with zero attached hydrogens (tertiary/aromatic N) is 3. The number of piperidine rings is 1. The molecule has 2 atom stereocenters. The van der Waals surface area contributed by atoms with E-state index in [0.29, 0.717) is 25.0 Å². The van der Waals surface area contributed by atoms with Crippen molar-refractivity contribution >= 4 is 0 Å². The fraction of sp³-hybridized carbons (Fsp3) is 0.545. The largest absolute Gasteiger partial charge is 0.484 e. The van der Waals surface area contributed by atoms with E-state index in [0.717, 1.165) is 42.3 Å². The van der Waals surface area contributed by atoms with Crippen LogP contribution in [-0.4, -0.2) is 41.2 Å². The second-order valence-corrected chi connectivity index (χ2v) is 7.88. The van der Waals surface area contributed by atoms with Gasteiger partial charge in [-0.25, -0.2) is 4.98 Å². The molecule has 0 aromatic carbocycles. The molecule has 0 saturated carbocycles. The van der Waals surface area contributed by atoms with Gasteiger partial charge >= 0.3 is 0 Å². The van der Waals surface area contributed by atoms with E-state index in [2.05, 4.69) is 48.9 Å². The Balaban J connectivity index is 1.44. The summed E-state index contributed by atoms with van der Waals surface area (Å²) in [6, 6.07) is 8.83. The Kier molecular flexibility index (Phi) is 5.30. The molecule has 1 saturated heterocycles. The molecule has 2 aromatic heterocycles. The lowest BCUT2D eigenvalue weighted by Crippen LogP contribution is -2.38. The molecular formula is C22H29N3O2. The second-order valence-electron chi connectivity index (χ2n) is 7.88. The van der Waals surface area contributed by atoms with E-state index in [1.165, 1.54) is 18.4 Å². The maximum atomic E-state index is 5.66. The first kappa shape index (κ1) is 18.2. The maximum Gasteiger partial charge on any atom is 0.257 e. The first-order valence-electron chi connectivity index (χ1n) is 10.0. The molecule has 0 bridgehead atoms. The second kappa shape index (κ2) is 7.85. The number of fused-ring (bicyclic) bond motifs is 1. The van der Waals surface area contributed by atoms with Gasteiger partial charge in [0.2, 0.25) is 0 Å². The highest BCUT2D eigenvalue weighted by Gasteiger charge is 2.26. The SMILES string of the molecule is Cc1cc(CC2CCCN(C(C)c3ccc4c(n3)OCCO4)C2)cc(C)n1. The van der Waals surface area contributed by atoms with Crippen molar-refractivity contribution in [2.24, 2.45) is 5.92 Å². The van der Waals surface area contributed by atoms with Crippen LogP contribution in [0.5, 0.6) is 11.6 Å². The highest BCUT2D eigenvalue weighted by molar-refractivity contribution is 5.36. The summed E-state index contributed by atoms with van der Waals surface area (Å²) in [5, 5.41) is 0. The van der Waals surface area contributed by atoms with Crippen molar-refractivity contribution in [1.82, 2.24) is 14.9 Å². The van der Waals surface area contributed by atoms with E-state index >= 15 is 0 Å². The Morgan fingerprint density at radius 1 is 1.11 bits per heavy atom. The molecule has 144 valence electrons. The molecule has 0 spiro atoms. The lowest BCUT2D eigenvalue weighted by atomic mass is 9.90. The van der Waals surface area contributed by atoms with Gasteiger partial charge in [0.25, 0.3) is 5.88 Å². The van der Waals surface area contributed by atoms with Crippen molar-refractivity contribution in [3.05, 3.63) is 46.9 Å². The van der Waals surface area contributed by atoms with E-state index in [4.69, 9.17) is 14.5 Å². The van der Waals surface area contributed by atoms with Crippen LogP contribution in [0.3, 0.4) is 0 Å². The molecule has 2 unspecified atom stereocenters. The molecule has 1 fully saturated rings. The number of ether oxygens (including phenoxy) is 2. The number of aromatic nitrogens is 2. The molecule has 0 radical (unpaired) electrons. The monoisotopic (exact) mass is 367 g/mol. The Hall–Kier alpha value is -2.14. The van der Waals surface area contributed by atoms with Crippen molar-refractivity contribution in [3.63, 3.8) is 0 Å². The van der Waals surface area contributed by atoms with Gasteiger partial charge in [0, 0.05) is 24.0 Å². The summed E-state index contributed by atoms with van der Waals surface area (Å²) >= 11 is 0. The van der Waals surface area contributed by atoms with E-state index in [9.17, 15) is 0 Å². The van der Waals surface area contributed by atoms with Crippen LogP contribution in [-0.2, 0) is 6.42 Å². The van der Waals surface area contributed by atoms with Crippen molar-refractivity contribution in [2.45, 2.75) is 46.1 Å². The summed E-state index contributed by atoms with van der Waals surface area (Å²) in [4.78, 5) is 11.8. The van der Waals surface area contributed by atoms with Crippen LogP contribution in [0, 0.1) is 19.8 Å². The Morgan fingerprint density at radius 2 is 1.89 bits per heavy atom. The van der Waals surface area contributed by atoms with Crippen LogP contribution < -0.4 is 9.47 Å². The summed E-state index contributed by atoms with van der Waals surface area (Å²) in [6.07, 6.45) is 3.66. The number of rotatable bonds is 4. The van der Waals surface area contributed by atoms with Gasteiger partial charge in [-0.15, -0.1) is 0 Å². The smallest absolute Gasteiger partial charge is 0.257 e. The molecule has 0 amide bonds. The standard InChI is InChI=1S/C22H29N3O2/c1-15-11-19(12-16(2)23-15)13-18-5-4-8-25(14-18)17(3)20-6-7-21-22(24-20)27-10-9-26-21/h6-7,11-12,17-18H,4-5,8-10,13-14H2,1-3H3. The molecule has 2 aromatic rings. The number of aryl methyl sites for hydroxylation is 2. The van der Waals surface area contributed by atoms with Crippen LogP contribution in [0.4, 0.5) is 0 Å². The van der Waals surface area contributed by atoms with Gasteiger partial charge in [-0.1, -0.05) is 0 Å². The van der Waals surface area contributed by atoms with Gasteiger partial charge in [0.05, 0.1) is 5.69 Å². The number of pyridine rings is 2. The summed E-state index contributed by atoms with van der Waals surface area (Å²) in [7, 11) is 0. The van der Waals surface area contributed by atoms with Crippen LogP contribution in [0.25, 0.3) is 0 Å². The van der Waals surface area contributed by atoms with Gasteiger partial charge in [0.15, 0.2) is 5.75 Å². The Labute approximate surface area is 161 Å². The van der Waals surface area contributed by atoms with Crippen LogP contribution >= 0.6 is 0 Å². The molecule has 4 rings (SSSR count). The van der Waals surface area contributed by atoms with Crippen LogP contribution in [0.15, 0.2) is 24.3 Å². The maximum absolute atomic E-state index is 5.66. The minimum Gasteiger partial charge on any atom is -0.484 e. The predicted molar refractivity (Wildman–Crippen MR) is 105 cm³/mol. The van der Waals surface area contributed by atoms with E-state index < -0.39 is 0 Å². The zero-order valence-electron chi connectivity index (χ0n) is 16.6. The van der Waals surface area contributed by atoms with Gasteiger partial charge in [-0.2, -0.15) is 0 Å². The molecule has 27 heavy (non-hydrogen) atoms. The topological polar surface area (TPSA) is 47.5 Å². The molecule has 5 heteroatoms. The fourth-order valence-electron chi connectivity index (χ4n) is 4.35. The number of hydrogen-bond donors (Lipinski definition) is 0. The average molecular weight is 367 g/mol. The molecule has 0 aliphatic carbocycles. The molecule has 4 heterocycles. The van der Waals surface area contributed by atoms with Crippen molar-refractivity contribution in [2.75, 3.05) is 26.3 Å². The lowest BCUT2D eigenvalue weighted by molar-refractivity contribution is 0.126. The van der Waals surface area contributed by atoms with Gasteiger partial charge in [-0.05, 0) is 82.3 Å². The van der Waals surface area contributed by atoms with E-state index in [-0.39, 0.29) is 6.04 Å². The molecular weight excluding hydrogens is 338 g/mol. The van der Waals surface area contributed by atoms with Crippen LogP contribution in [0.1, 0.15) is 48.5 Å². The first-order chi connectivity index (χ1) is 13.1. The van der Waals surface area contributed by atoms with Crippen molar-refractivity contribution in [3.8, 4) is 11.6 Å². The van der Waals surface area contributed by atoms with Crippen molar-refractivity contribution in [1.29, 1.82) is 0 Å². The van der Waals surface area contributed by atoms with Crippen LogP contribution in [0.2, 0.25) is 0 Å². The third-order valence-corrected chi connectivity index (χ3v) is 5.62. The zero-order chi connectivity index (χ0) is 18.8. The zero-order valence-corrected chi connectivity index (χ0v) is 16.6. The minimum atomic E-state index is 0.282. The summed E-state index contributed by atoms with van der Waals surface area (Å²) in [5.74, 6) is 2.08.